The number of hydrogen-bond acceptors (Lipinski definition) is 3. The van der Waals surface area contributed by atoms with E-state index in [1.807, 2.05) is 30.5 Å². The molecule has 0 unspecified atom stereocenters. The highest BCUT2D eigenvalue weighted by atomic mass is 35.5. The number of halogens is 4. The highest BCUT2D eigenvalue weighted by Gasteiger charge is 2.36. The van der Waals surface area contributed by atoms with Gasteiger partial charge in [-0.25, -0.2) is 0 Å². The van der Waals surface area contributed by atoms with Crippen LogP contribution in [0.2, 0.25) is 20.1 Å². The van der Waals surface area contributed by atoms with Crippen LogP contribution in [0.25, 0.3) is 11.8 Å². The van der Waals surface area contributed by atoms with Gasteiger partial charge in [-0.2, -0.15) is 0 Å². The first-order valence-electron chi connectivity index (χ1n) is 9.60. The van der Waals surface area contributed by atoms with E-state index < -0.39 is 11.8 Å². The largest absolute Gasteiger partial charge is 0.318 e. The zero-order valence-corrected chi connectivity index (χ0v) is 21.1. The van der Waals surface area contributed by atoms with Gasteiger partial charge in [-0.3, -0.25) is 19.8 Å². The van der Waals surface area contributed by atoms with E-state index in [1.165, 1.54) is 6.08 Å². The van der Waals surface area contributed by atoms with Crippen LogP contribution in [-0.4, -0.2) is 21.5 Å². The molecule has 0 aliphatic carbocycles. The van der Waals surface area contributed by atoms with Crippen LogP contribution in [0.15, 0.2) is 48.0 Å². The van der Waals surface area contributed by atoms with Crippen molar-refractivity contribution in [2.75, 3.05) is 4.90 Å². The zero-order valence-electron chi connectivity index (χ0n) is 17.2. The summed E-state index contributed by atoms with van der Waals surface area (Å²) in [5, 5.41) is 3.76. The van der Waals surface area contributed by atoms with Crippen molar-refractivity contribution in [1.82, 2.24) is 9.88 Å². The summed E-state index contributed by atoms with van der Waals surface area (Å²) in [6.07, 6.45) is 1.53. The molecule has 10 heteroatoms. The summed E-state index contributed by atoms with van der Waals surface area (Å²) in [4.78, 5) is 27.2. The molecule has 33 heavy (non-hydrogen) atoms. The highest BCUT2D eigenvalue weighted by molar-refractivity contribution is 7.80. The van der Waals surface area contributed by atoms with Crippen LogP contribution in [0.4, 0.5) is 5.69 Å². The second-order valence-electron chi connectivity index (χ2n) is 7.29. The van der Waals surface area contributed by atoms with Gasteiger partial charge in [-0.1, -0.05) is 52.5 Å². The Balaban J connectivity index is 1.79. The van der Waals surface area contributed by atoms with Crippen LogP contribution in [0.1, 0.15) is 17.0 Å². The maximum absolute atomic E-state index is 13.3. The van der Waals surface area contributed by atoms with E-state index in [0.29, 0.717) is 15.6 Å². The summed E-state index contributed by atoms with van der Waals surface area (Å²) in [6.45, 7) is 3.79. The molecule has 0 atom stereocenters. The molecule has 0 radical (unpaired) electrons. The lowest BCUT2D eigenvalue weighted by Crippen LogP contribution is -2.54. The van der Waals surface area contributed by atoms with Crippen LogP contribution in [0.3, 0.4) is 0 Å². The van der Waals surface area contributed by atoms with Crippen molar-refractivity contribution in [1.29, 1.82) is 0 Å². The van der Waals surface area contributed by atoms with Crippen molar-refractivity contribution < 1.29 is 9.59 Å². The molecule has 0 bridgehead atoms. The van der Waals surface area contributed by atoms with E-state index in [0.717, 1.165) is 22.0 Å². The Hall–Kier alpha value is -2.35. The number of carbonyl (C=O) groups is 2. The van der Waals surface area contributed by atoms with Gasteiger partial charge in [-0.15, -0.1) is 0 Å². The lowest BCUT2D eigenvalue weighted by atomic mass is 10.1. The molecule has 4 rings (SSSR count). The van der Waals surface area contributed by atoms with E-state index in [9.17, 15) is 9.59 Å². The molecule has 0 spiro atoms. The van der Waals surface area contributed by atoms with Crippen molar-refractivity contribution >= 4 is 87.3 Å². The maximum Gasteiger partial charge on any atom is 0.270 e. The quantitative estimate of drug-likeness (QED) is 0.234. The molecule has 3 aromatic rings. The number of nitrogens with zero attached hydrogens (tertiary/aromatic N) is 2. The number of hydrogen-bond donors (Lipinski definition) is 1. The third-order valence-electron chi connectivity index (χ3n) is 5.21. The van der Waals surface area contributed by atoms with E-state index in [-0.39, 0.29) is 26.4 Å². The van der Waals surface area contributed by atoms with Gasteiger partial charge in [0.25, 0.3) is 11.8 Å². The summed E-state index contributed by atoms with van der Waals surface area (Å²) < 4.78 is 1.95. The van der Waals surface area contributed by atoms with Gasteiger partial charge in [0.1, 0.15) is 5.57 Å². The molecule has 2 heterocycles. The number of rotatable bonds is 3. The molecule has 1 saturated heterocycles. The van der Waals surface area contributed by atoms with Crippen molar-refractivity contribution in [3.05, 3.63) is 85.1 Å². The van der Waals surface area contributed by atoms with Gasteiger partial charge in [0.05, 0.1) is 25.8 Å². The predicted molar refractivity (Wildman–Crippen MR) is 138 cm³/mol. The Morgan fingerprint density at radius 2 is 1.67 bits per heavy atom. The van der Waals surface area contributed by atoms with Crippen LogP contribution < -0.4 is 10.2 Å². The van der Waals surface area contributed by atoms with E-state index in [2.05, 4.69) is 5.32 Å². The molecule has 2 amide bonds. The number of anilines is 1. The van der Waals surface area contributed by atoms with Crippen LogP contribution in [0, 0.1) is 13.8 Å². The summed E-state index contributed by atoms with van der Waals surface area (Å²) in [5.74, 6) is -1.20. The van der Waals surface area contributed by atoms with Gasteiger partial charge in [0, 0.05) is 17.1 Å². The Morgan fingerprint density at radius 1 is 0.939 bits per heavy atom. The summed E-state index contributed by atoms with van der Waals surface area (Å²) in [7, 11) is 0. The third-order valence-corrected chi connectivity index (χ3v) is 7.04. The number of amides is 2. The standard InChI is InChI=1S/C23H15Cl4N3O2S/c1-11-8-13(12(2)29(11)14-6-7-16(24)18(26)10-14)9-15-21(31)28-23(33)30(22(15)32)19-5-3-4-17(25)20(19)27/h3-10H,1-2H3,(H,28,31,33). The molecule has 1 fully saturated rings. The lowest BCUT2D eigenvalue weighted by Gasteiger charge is -2.29. The normalized spacial score (nSPS) is 15.4. The molecule has 1 aliphatic rings. The summed E-state index contributed by atoms with van der Waals surface area (Å²) in [5.41, 5.74) is 3.37. The number of carbonyl (C=O) groups excluding carboxylic acids is 2. The fourth-order valence-electron chi connectivity index (χ4n) is 3.65. The van der Waals surface area contributed by atoms with Gasteiger partial charge in [-0.05, 0) is 74.1 Å². The summed E-state index contributed by atoms with van der Waals surface area (Å²) in [6, 6.07) is 12.0. The van der Waals surface area contributed by atoms with Gasteiger partial charge < -0.3 is 4.57 Å². The molecular formula is C23H15Cl4N3O2S. The van der Waals surface area contributed by atoms with Crippen LogP contribution in [0.5, 0.6) is 0 Å². The van der Waals surface area contributed by atoms with Crippen molar-refractivity contribution in [2.45, 2.75) is 13.8 Å². The minimum Gasteiger partial charge on any atom is -0.318 e. The molecule has 0 saturated carbocycles. The molecular weight excluding hydrogens is 524 g/mol. The maximum atomic E-state index is 13.3. The van der Waals surface area contributed by atoms with Gasteiger partial charge >= 0.3 is 0 Å². The van der Waals surface area contributed by atoms with Crippen molar-refractivity contribution in [2.24, 2.45) is 0 Å². The SMILES string of the molecule is Cc1cc(C=C2C(=O)NC(=S)N(c3cccc(Cl)c3Cl)C2=O)c(C)n1-c1ccc(Cl)c(Cl)c1. The molecule has 168 valence electrons. The molecule has 5 nitrogen and oxygen atoms in total. The van der Waals surface area contributed by atoms with Crippen molar-refractivity contribution in [3.63, 3.8) is 0 Å². The first-order chi connectivity index (χ1) is 15.6. The lowest BCUT2D eigenvalue weighted by molar-refractivity contribution is -0.122. The first-order valence-corrected chi connectivity index (χ1v) is 11.5. The third kappa shape index (κ3) is 4.29. The summed E-state index contributed by atoms with van der Waals surface area (Å²) >= 11 is 29.9. The topological polar surface area (TPSA) is 54.3 Å². The van der Waals surface area contributed by atoms with Crippen molar-refractivity contribution in [3.8, 4) is 5.69 Å². The number of thiocarbonyl (C=S) groups is 1. The average Bonchev–Trinajstić information content (AvgIpc) is 3.03. The predicted octanol–water partition coefficient (Wildman–Crippen LogP) is 6.54. The first kappa shape index (κ1) is 23.8. The van der Waals surface area contributed by atoms with Gasteiger partial charge in [0.15, 0.2) is 5.11 Å². The Labute approximate surface area is 215 Å². The Kier molecular flexibility index (Phi) is 6.58. The Morgan fingerprint density at radius 3 is 2.36 bits per heavy atom. The van der Waals surface area contributed by atoms with Crippen LogP contribution >= 0.6 is 58.6 Å². The monoisotopic (exact) mass is 537 g/mol. The van der Waals surface area contributed by atoms with Gasteiger partial charge in [0.2, 0.25) is 0 Å². The minimum atomic E-state index is -0.604. The van der Waals surface area contributed by atoms with E-state index in [4.69, 9.17) is 58.6 Å². The number of aryl methyl sites for hydroxylation is 1. The average molecular weight is 539 g/mol. The minimum absolute atomic E-state index is 0.0763. The molecule has 1 aliphatic heterocycles. The number of benzene rings is 2. The fourth-order valence-corrected chi connectivity index (χ4v) is 4.60. The zero-order chi connectivity index (χ0) is 24.0. The number of nitrogens with one attached hydrogen (secondary N) is 1. The smallest absolute Gasteiger partial charge is 0.270 e. The van der Waals surface area contributed by atoms with E-state index >= 15 is 0 Å². The number of aromatic nitrogens is 1. The molecule has 1 N–H and O–H groups in total. The Bertz CT molecular complexity index is 1380. The van der Waals surface area contributed by atoms with E-state index in [1.54, 1.807) is 30.3 Å². The molecule has 2 aromatic carbocycles. The fraction of sp³-hybridized carbons (Fsp3) is 0.0870. The second-order valence-corrected chi connectivity index (χ2v) is 9.28. The molecule has 1 aromatic heterocycles. The highest BCUT2D eigenvalue weighted by Crippen LogP contribution is 2.35. The second kappa shape index (κ2) is 9.12. The van der Waals surface area contributed by atoms with Crippen LogP contribution in [-0.2, 0) is 9.59 Å².